The zero-order chi connectivity index (χ0) is 40.0. The average Bonchev–Trinajstić information content (AvgIpc) is 3.80. The minimum atomic E-state index is 0.489. The Bertz CT molecular complexity index is 3450. The molecule has 5 heteroatoms. The van der Waals surface area contributed by atoms with Crippen molar-refractivity contribution in [3.63, 3.8) is 0 Å². The number of hydrogen-bond donors (Lipinski definition) is 0. The van der Waals surface area contributed by atoms with Crippen LogP contribution in [0.5, 0.6) is 0 Å². The molecule has 4 nitrogen and oxygen atoms in total. The van der Waals surface area contributed by atoms with Crippen LogP contribution >= 0.6 is 11.3 Å². The third-order valence-corrected chi connectivity index (χ3v) is 12.7. The Kier molecular flexibility index (Phi) is 8.94. The van der Waals surface area contributed by atoms with Crippen LogP contribution in [-0.2, 0) is 6.54 Å². The Morgan fingerprint density at radius 1 is 0.600 bits per heavy atom. The number of amidine groups is 2. The van der Waals surface area contributed by atoms with E-state index < -0.39 is 0 Å². The third-order valence-electron chi connectivity index (χ3n) is 11.5. The highest BCUT2D eigenvalue weighted by Crippen LogP contribution is 2.40. The van der Waals surface area contributed by atoms with Gasteiger partial charge in [0.25, 0.3) is 0 Å². The summed E-state index contributed by atoms with van der Waals surface area (Å²) in [6.45, 7) is 4.50. The summed E-state index contributed by atoms with van der Waals surface area (Å²) in [4.78, 5) is 15.0. The van der Waals surface area contributed by atoms with Crippen LogP contribution in [-0.4, -0.2) is 18.4 Å². The van der Waals surface area contributed by atoms with Gasteiger partial charge in [-0.1, -0.05) is 140 Å². The van der Waals surface area contributed by atoms with Crippen LogP contribution in [0.15, 0.2) is 201 Å². The van der Waals surface area contributed by atoms with Gasteiger partial charge in [-0.15, -0.1) is 11.3 Å². The van der Waals surface area contributed by atoms with E-state index in [2.05, 4.69) is 182 Å². The highest BCUT2D eigenvalue weighted by Gasteiger charge is 2.18. The molecule has 60 heavy (non-hydrogen) atoms. The van der Waals surface area contributed by atoms with Crippen molar-refractivity contribution >= 4 is 94.8 Å². The summed E-state index contributed by atoms with van der Waals surface area (Å²) >= 11 is 1.76. The zero-order valence-electron chi connectivity index (χ0n) is 32.7. The maximum Gasteiger partial charge on any atom is 0.162 e. The number of nitrogens with zero attached hydrogens (tertiary/aromatic N) is 3. The number of allylic oxidation sites excluding steroid dienone is 1. The Morgan fingerprint density at radius 3 is 2.30 bits per heavy atom. The lowest BCUT2D eigenvalue weighted by Gasteiger charge is -2.10. The lowest BCUT2D eigenvalue weighted by Crippen LogP contribution is -2.07. The predicted octanol–water partition coefficient (Wildman–Crippen LogP) is 15.0. The molecule has 0 atom stereocenters. The van der Waals surface area contributed by atoms with Crippen molar-refractivity contribution in [2.45, 2.75) is 13.0 Å². The van der Waals surface area contributed by atoms with Crippen LogP contribution in [0.2, 0.25) is 0 Å². The Hall–Kier alpha value is -7.47. The van der Waals surface area contributed by atoms with Gasteiger partial charge in [0.15, 0.2) is 11.7 Å². The lowest BCUT2D eigenvalue weighted by atomic mass is 9.94. The van der Waals surface area contributed by atoms with E-state index in [1.165, 1.54) is 31.8 Å². The predicted molar refractivity (Wildman–Crippen MR) is 257 cm³/mol. The van der Waals surface area contributed by atoms with Crippen LogP contribution in [0.1, 0.15) is 28.7 Å². The van der Waals surface area contributed by atoms with E-state index in [4.69, 9.17) is 14.4 Å². The number of rotatable bonds is 6. The van der Waals surface area contributed by atoms with Crippen molar-refractivity contribution in [3.8, 4) is 22.3 Å². The second-order valence-corrected chi connectivity index (χ2v) is 16.2. The van der Waals surface area contributed by atoms with Gasteiger partial charge in [0.2, 0.25) is 0 Å². The molecule has 0 bridgehead atoms. The van der Waals surface area contributed by atoms with Gasteiger partial charge in [0, 0.05) is 42.1 Å². The molecule has 1 aliphatic rings. The van der Waals surface area contributed by atoms with Crippen molar-refractivity contribution in [2.75, 3.05) is 0 Å². The average molecular weight is 788 g/mol. The summed E-state index contributed by atoms with van der Waals surface area (Å²) in [5.41, 5.74) is 11.6. The van der Waals surface area contributed by atoms with Gasteiger partial charge in [-0.2, -0.15) is 0 Å². The van der Waals surface area contributed by atoms with Crippen molar-refractivity contribution in [3.05, 3.63) is 204 Å². The number of thiophene rings is 1. The lowest BCUT2D eigenvalue weighted by molar-refractivity contribution is 0.669. The molecule has 2 heterocycles. The van der Waals surface area contributed by atoms with Crippen molar-refractivity contribution in [1.82, 2.24) is 0 Å². The van der Waals surface area contributed by atoms with Gasteiger partial charge in [0.1, 0.15) is 11.2 Å². The largest absolute Gasteiger partial charge is 0.456 e. The summed E-state index contributed by atoms with van der Waals surface area (Å²) in [5, 5.41) is 7.08. The van der Waals surface area contributed by atoms with E-state index in [0.29, 0.717) is 24.6 Å². The van der Waals surface area contributed by atoms with E-state index in [1.807, 2.05) is 18.2 Å². The number of benzene rings is 8. The van der Waals surface area contributed by atoms with Crippen molar-refractivity contribution < 1.29 is 4.42 Å². The molecule has 8 aromatic carbocycles. The zero-order valence-corrected chi connectivity index (χ0v) is 33.5. The Balaban J connectivity index is 1.01. The molecule has 0 N–H and O–H groups in total. The van der Waals surface area contributed by atoms with Crippen molar-refractivity contribution in [1.29, 1.82) is 0 Å². The third kappa shape index (κ3) is 6.46. The molecule has 2 aromatic heterocycles. The minimum Gasteiger partial charge on any atom is -0.456 e. The Morgan fingerprint density at radius 2 is 1.38 bits per heavy atom. The van der Waals surface area contributed by atoms with Crippen LogP contribution in [0, 0.1) is 0 Å². The number of aliphatic imine (C=N–C) groups is 3. The van der Waals surface area contributed by atoms with Gasteiger partial charge in [-0.25, -0.2) is 9.98 Å². The summed E-state index contributed by atoms with van der Waals surface area (Å²) in [7, 11) is 0. The molecule has 11 rings (SSSR count). The highest BCUT2D eigenvalue weighted by molar-refractivity contribution is 7.26. The molecule has 0 fully saturated rings. The molecule has 10 aromatic rings. The standard InChI is InChI=1S/C55H37N3OS/c1-56-55(48-21-10-20-46-45-18-7-8-23-51(45)60-53(46)48)58-54(57-34-35-12-3-2-4-13-35)42-17-9-16-37-25-27-41(31-43(37)32-42)44-19-11-22-49-52(44)47-29-28-40(33-50(47)59-49)39-26-24-36-14-5-6-15-38(36)30-39/h2-16,18-33H,1,17,34H2. The molecule has 284 valence electrons. The molecule has 0 aliphatic heterocycles. The number of hydrogen-bond acceptors (Lipinski definition) is 3. The first kappa shape index (κ1) is 35.7. The minimum absolute atomic E-state index is 0.489. The van der Waals surface area contributed by atoms with Crippen molar-refractivity contribution in [2.24, 2.45) is 15.0 Å². The summed E-state index contributed by atoms with van der Waals surface area (Å²) in [6.07, 6.45) is 7.32. The monoisotopic (exact) mass is 787 g/mol. The van der Waals surface area contributed by atoms with E-state index in [0.717, 1.165) is 71.2 Å². The van der Waals surface area contributed by atoms with Crippen LogP contribution in [0.4, 0.5) is 0 Å². The molecule has 1 aliphatic carbocycles. The van der Waals surface area contributed by atoms with Crippen LogP contribution < -0.4 is 0 Å². The highest BCUT2D eigenvalue weighted by atomic mass is 32.1. The summed E-state index contributed by atoms with van der Waals surface area (Å²) in [5.74, 6) is 1.21. The first-order chi connectivity index (χ1) is 29.7. The topological polar surface area (TPSA) is 50.2 Å². The number of furan rings is 1. The summed E-state index contributed by atoms with van der Waals surface area (Å²) in [6, 6.07) is 59.9. The molecular weight excluding hydrogens is 751 g/mol. The summed E-state index contributed by atoms with van der Waals surface area (Å²) < 4.78 is 8.94. The van der Waals surface area contributed by atoms with E-state index in [9.17, 15) is 0 Å². The SMILES string of the molecule is C=NC(=NC(=NCc1ccccc1)C1=Cc2cc(-c3cccc4oc5cc(-c6ccc7ccccc7c6)ccc5c34)ccc2C=CC1)c1cccc2c1sc1ccccc12. The Labute approximate surface area is 351 Å². The second-order valence-electron chi connectivity index (χ2n) is 15.2. The fraction of sp³-hybridized carbons (Fsp3) is 0.0364. The van der Waals surface area contributed by atoms with E-state index in [-0.39, 0.29) is 0 Å². The van der Waals surface area contributed by atoms with Gasteiger partial charge in [0.05, 0.1) is 6.54 Å². The van der Waals surface area contributed by atoms with Crippen LogP contribution in [0.25, 0.3) is 87.3 Å². The second kappa shape index (κ2) is 15.0. The fourth-order valence-electron chi connectivity index (χ4n) is 8.51. The molecule has 0 amide bonds. The molecule has 0 saturated carbocycles. The molecule has 0 unspecified atom stereocenters. The van der Waals surface area contributed by atoms with E-state index in [1.54, 1.807) is 11.3 Å². The quantitative estimate of drug-likeness (QED) is 0.122. The number of fused-ring (bicyclic) bond motifs is 8. The fourth-order valence-corrected chi connectivity index (χ4v) is 9.72. The van der Waals surface area contributed by atoms with Crippen LogP contribution in [0.3, 0.4) is 0 Å². The smallest absolute Gasteiger partial charge is 0.162 e. The van der Waals surface area contributed by atoms with Gasteiger partial charge < -0.3 is 4.42 Å². The maximum atomic E-state index is 6.57. The van der Waals surface area contributed by atoms with E-state index >= 15 is 0 Å². The first-order valence-corrected chi connectivity index (χ1v) is 21.0. The normalized spacial score (nSPS) is 13.3. The van der Waals surface area contributed by atoms with Gasteiger partial charge in [-0.3, -0.25) is 4.99 Å². The molecule has 0 spiro atoms. The first-order valence-electron chi connectivity index (χ1n) is 20.2. The van der Waals surface area contributed by atoms with Gasteiger partial charge >= 0.3 is 0 Å². The van der Waals surface area contributed by atoms with Gasteiger partial charge in [-0.05, 0) is 111 Å². The maximum absolute atomic E-state index is 6.57. The molecular formula is C55H37N3OS. The molecule has 0 radical (unpaired) electrons. The molecule has 0 saturated heterocycles.